The van der Waals surface area contributed by atoms with Gasteiger partial charge in [-0.1, -0.05) is 13.3 Å². The summed E-state index contributed by atoms with van der Waals surface area (Å²) in [7, 11) is 2.13. The summed E-state index contributed by atoms with van der Waals surface area (Å²) in [5.74, 6) is 0.930. The van der Waals surface area contributed by atoms with Crippen molar-refractivity contribution >= 4 is 0 Å². The molecule has 1 aliphatic heterocycles. The highest BCUT2D eigenvalue weighted by Gasteiger charge is 2.34. The molecule has 0 aromatic heterocycles. The van der Waals surface area contributed by atoms with Gasteiger partial charge in [0.1, 0.15) is 0 Å². The van der Waals surface area contributed by atoms with E-state index in [0.29, 0.717) is 12.1 Å². The maximum atomic E-state index is 5.78. The second-order valence-corrected chi connectivity index (χ2v) is 6.08. The Morgan fingerprint density at radius 3 is 2.89 bits per heavy atom. The molecule has 4 unspecified atom stereocenters. The van der Waals surface area contributed by atoms with Gasteiger partial charge in [-0.2, -0.15) is 0 Å². The van der Waals surface area contributed by atoms with E-state index in [2.05, 4.69) is 31.1 Å². The molecule has 0 aromatic rings. The Balaban J connectivity index is 2.01. The molecule has 106 valence electrons. The average Bonchev–Trinajstić information content (AvgIpc) is 2.62. The molecule has 0 radical (unpaired) electrons. The van der Waals surface area contributed by atoms with Crippen molar-refractivity contribution in [1.82, 2.24) is 10.2 Å². The first-order chi connectivity index (χ1) is 8.74. The number of nitrogens with one attached hydrogen (secondary N) is 1. The first-order valence-corrected chi connectivity index (χ1v) is 7.77. The van der Waals surface area contributed by atoms with Crippen LogP contribution in [0.2, 0.25) is 0 Å². The van der Waals surface area contributed by atoms with Crippen LogP contribution in [0.5, 0.6) is 0 Å². The van der Waals surface area contributed by atoms with Gasteiger partial charge in [0.15, 0.2) is 0 Å². The van der Waals surface area contributed by atoms with Crippen LogP contribution in [0.3, 0.4) is 0 Å². The molecule has 1 heterocycles. The molecule has 3 nitrogen and oxygen atoms in total. The predicted molar refractivity (Wildman–Crippen MR) is 75.9 cm³/mol. The van der Waals surface area contributed by atoms with Crippen LogP contribution in [0.25, 0.3) is 0 Å². The highest BCUT2D eigenvalue weighted by atomic mass is 16.5. The lowest BCUT2D eigenvalue weighted by atomic mass is 9.80. The summed E-state index contributed by atoms with van der Waals surface area (Å²) >= 11 is 0. The van der Waals surface area contributed by atoms with Gasteiger partial charge in [0, 0.05) is 31.8 Å². The topological polar surface area (TPSA) is 24.5 Å². The van der Waals surface area contributed by atoms with E-state index in [1.807, 2.05) is 0 Å². The van der Waals surface area contributed by atoms with Crippen LogP contribution in [0, 0.1) is 5.92 Å². The van der Waals surface area contributed by atoms with E-state index in [1.54, 1.807) is 0 Å². The van der Waals surface area contributed by atoms with E-state index < -0.39 is 0 Å². The van der Waals surface area contributed by atoms with Crippen molar-refractivity contribution in [2.75, 3.05) is 26.7 Å². The van der Waals surface area contributed by atoms with Crippen LogP contribution in [0.4, 0.5) is 0 Å². The minimum absolute atomic E-state index is 0.395. The molecule has 2 fully saturated rings. The Kier molecular flexibility index (Phi) is 5.46. The van der Waals surface area contributed by atoms with Gasteiger partial charge in [-0.15, -0.1) is 0 Å². The lowest BCUT2D eigenvalue weighted by molar-refractivity contribution is 0.0446. The second kappa shape index (κ2) is 6.88. The van der Waals surface area contributed by atoms with Crippen LogP contribution < -0.4 is 5.32 Å². The van der Waals surface area contributed by atoms with Gasteiger partial charge in [-0.25, -0.2) is 0 Å². The largest absolute Gasteiger partial charge is 0.377 e. The van der Waals surface area contributed by atoms with Crippen molar-refractivity contribution in [3.63, 3.8) is 0 Å². The van der Waals surface area contributed by atoms with Crippen LogP contribution in [-0.2, 0) is 4.74 Å². The summed E-state index contributed by atoms with van der Waals surface area (Å²) in [6.07, 6.45) is 7.03. The molecule has 2 aliphatic rings. The van der Waals surface area contributed by atoms with E-state index >= 15 is 0 Å². The van der Waals surface area contributed by atoms with Crippen molar-refractivity contribution in [2.24, 2.45) is 5.92 Å². The van der Waals surface area contributed by atoms with Crippen LogP contribution >= 0.6 is 0 Å². The Morgan fingerprint density at radius 1 is 1.33 bits per heavy atom. The summed E-state index contributed by atoms with van der Waals surface area (Å²) in [5, 5.41) is 3.55. The number of likely N-dealkylation sites (N-methyl/N-ethyl adjacent to an activating group) is 1. The van der Waals surface area contributed by atoms with E-state index in [0.717, 1.165) is 25.1 Å². The zero-order valence-corrected chi connectivity index (χ0v) is 12.3. The number of rotatable bonds is 3. The molecule has 1 N–H and O–H groups in total. The minimum Gasteiger partial charge on any atom is -0.377 e. The fourth-order valence-corrected chi connectivity index (χ4v) is 3.67. The molecule has 4 atom stereocenters. The quantitative estimate of drug-likeness (QED) is 0.836. The zero-order chi connectivity index (χ0) is 13.0. The second-order valence-electron chi connectivity index (χ2n) is 6.08. The molecule has 0 spiro atoms. The molecule has 1 saturated heterocycles. The molecule has 0 aromatic carbocycles. The molecule has 0 amide bonds. The minimum atomic E-state index is 0.395. The van der Waals surface area contributed by atoms with Gasteiger partial charge in [-0.3, -0.25) is 4.90 Å². The summed E-state index contributed by atoms with van der Waals surface area (Å²) in [5.41, 5.74) is 0. The number of hydrogen-bond donors (Lipinski definition) is 1. The van der Waals surface area contributed by atoms with E-state index in [1.165, 1.54) is 38.6 Å². The molecular weight excluding hydrogens is 224 g/mol. The van der Waals surface area contributed by atoms with Crippen molar-refractivity contribution < 1.29 is 4.74 Å². The number of hydrogen-bond acceptors (Lipinski definition) is 3. The summed E-state index contributed by atoms with van der Waals surface area (Å²) < 4.78 is 5.78. The van der Waals surface area contributed by atoms with Crippen molar-refractivity contribution in [3.05, 3.63) is 0 Å². The Bertz CT molecular complexity index is 247. The lowest BCUT2D eigenvalue weighted by Crippen LogP contribution is -2.53. The molecule has 1 aliphatic carbocycles. The predicted octanol–water partition coefficient (Wildman–Crippen LogP) is 2.26. The zero-order valence-electron chi connectivity index (χ0n) is 12.3. The molecule has 18 heavy (non-hydrogen) atoms. The SMILES string of the molecule is CCC1CCC(NC)C(N2CCCOC(C)C2)C1. The summed E-state index contributed by atoms with van der Waals surface area (Å²) in [6.45, 7) is 7.82. The first-order valence-electron chi connectivity index (χ1n) is 7.77. The Morgan fingerprint density at radius 2 is 2.17 bits per heavy atom. The maximum absolute atomic E-state index is 5.78. The summed E-state index contributed by atoms with van der Waals surface area (Å²) in [4.78, 5) is 2.70. The third kappa shape index (κ3) is 3.46. The standard InChI is InChI=1S/C15H30N2O/c1-4-13-6-7-14(16-3)15(10-13)17-8-5-9-18-12(2)11-17/h12-16H,4-11H2,1-3H3. The molecule has 2 rings (SSSR count). The van der Waals surface area contributed by atoms with Gasteiger partial charge in [0.05, 0.1) is 6.10 Å². The van der Waals surface area contributed by atoms with E-state index in [9.17, 15) is 0 Å². The van der Waals surface area contributed by atoms with Crippen LogP contribution in [-0.4, -0.2) is 49.8 Å². The summed E-state index contributed by atoms with van der Waals surface area (Å²) in [6, 6.07) is 1.40. The van der Waals surface area contributed by atoms with Crippen molar-refractivity contribution in [1.29, 1.82) is 0 Å². The lowest BCUT2D eigenvalue weighted by Gasteiger charge is -2.42. The number of nitrogens with zero attached hydrogens (tertiary/aromatic N) is 1. The third-order valence-corrected chi connectivity index (χ3v) is 4.83. The van der Waals surface area contributed by atoms with Crippen LogP contribution in [0.15, 0.2) is 0 Å². The highest BCUT2D eigenvalue weighted by molar-refractivity contribution is 4.91. The third-order valence-electron chi connectivity index (χ3n) is 4.83. The monoisotopic (exact) mass is 254 g/mol. The van der Waals surface area contributed by atoms with E-state index in [-0.39, 0.29) is 0 Å². The normalized spacial score (nSPS) is 39.5. The van der Waals surface area contributed by atoms with E-state index in [4.69, 9.17) is 4.74 Å². The molecule has 0 bridgehead atoms. The van der Waals surface area contributed by atoms with Crippen molar-refractivity contribution in [2.45, 2.75) is 64.1 Å². The fraction of sp³-hybridized carbons (Fsp3) is 1.00. The van der Waals surface area contributed by atoms with Gasteiger partial charge in [-0.05, 0) is 45.6 Å². The van der Waals surface area contributed by atoms with Gasteiger partial charge < -0.3 is 10.1 Å². The Hall–Kier alpha value is -0.120. The fourth-order valence-electron chi connectivity index (χ4n) is 3.67. The molecular formula is C15H30N2O. The highest BCUT2D eigenvalue weighted by Crippen LogP contribution is 2.30. The van der Waals surface area contributed by atoms with Gasteiger partial charge in [0.25, 0.3) is 0 Å². The molecule has 3 heteroatoms. The molecule has 1 saturated carbocycles. The smallest absolute Gasteiger partial charge is 0.0674 e. The van der Waals surface area contributed by atoms with Crippen molar-refractivity contribution in [3.8, 4) is 0 Å². The average molecular weight is 254 g/mol. The first kappa shape index (κ1) is 14.3. The Labute approximate surface area is 112 Å². The number of ether oxygens (including phenoxy) is 1. The maximum Gasteiger partial charge on any atom is 0.0674 e. The van der Waals surface area contributed by atoms with Gasteiger partial charge >= 0.3 is 0 Å². The van der Waals surface area contributed by atoms with Crippen LogP contribution in [0.1, 0.15) is 46.0 Å². The van der Waals surface area contributed by atoms with Gasteiger partial charge in [0.2, 0.25) is 0 Å².